The van der Waals surface area contributed by atoms with Crippen LogP contribution in [0.25, 0.3) is 11.0 Å². The van der Waals surface area contributed by atoms with Gasteiger partial charge in [0, 0.05) is 24.5 Å². The lowest BCUT2D eigenvalue weighted by atomic mass is 10.1. The van der Waals surface area contributed by atoms with Gasteiger partial charge in [0.2, 0.25) is 5.43 Å². The topological polar surface area (TPSA) is 82.5 Å². The number of benzene rings is 1. The second-order valence-corrected chi connectivity index (χ2v) is 6.41. The number of fused-ring (bicyclic) bond motifs is 1. The summed E-state index contributed by atoms with van der Waals surface area (Å²) in [5, 5.41) is 3.19. The van der Waals surface area contributed by atoms with Gasteiger partial charge in [-0.15, -0.1) is 0 Å². The number of aromatic nitrogens is 2. The molecule has 0 atom stereocenters. The van der Waals surface area contributed by atoms with Gasteiger partial charge in [0.15, 0.2) is 0 Å². The van der Waals surface area contributed by atoms with Crippen LogP contribution in [-0.4, -0.2) is 29.7 Å². The quantitative estimate of drug-likeness (QED) is 0.708. The summed E-state index contributed by atoms with van der Waals surface area (Å²) in [6, 6.07) is 8.54. The van der Waals surface area contributed by atoms with Crippen molar-refractivity contribution < 1.29 is 14.3 Å². The number of amides is 1. The maximum Gasteiger partial charge on any atom is 0.261 e. The van der Waals surface area contributed by atoms with Gasteiger partial charge in [0.25, 0.3) is 5.91 Å². The van der Waals surface area contributed by atoms with Gasteiger partial charge in [0.05, 0.1) is 25.3 Å². The van der Waals surface area contributed by atoms with E-state index in [0.29, 0.717) is 34.8 Å². The Kier molecular flexibility index (Phi) is 5.63. The van der Waals surface area contributed by atoms with E-state index in [1.165, 1.54) is 7.11 Å². The van der Waals surface area contributed by atoms with Crippen LogP contribution >= 0.6 is 0 Å². The molecule has 0 saturated carbocycles. The van der Waals surface area contributed by atoms with Crippen molar-refractivity contribution in [3.63, 3.8) is 0 Å². The molecule has 7 heteroatoms. The zero-order chi connectivity index (χ0) is 20.3. The molecule has 0 aliphatic carbocycles. The molecule has 1 aromatic carbocycles. The Morgan fingerprint density at radius 2 is 1.96 bits per heavy atom. The van der Waals surface area contributed by atoms with E-state index in [-0.39, 0.29) is 11.0 Å². The lowest BCUT2D eigenvalue weighted by Crippen LogP contribution is -2.24. The highest BCUT2D eigenvalue weighted by molar-refractivity contribution is 6.06. The van der Waals surface area contributed by atoms with Crippen molar-refractivity contribution in [2.24, 2.45) is 0 Å². The summed E-state index contributed by atoms with van der Waals surface area (Å²) in [6.07, 6.45) is 2.42. The molecule has 1 N–H and O–H groups in total. The second kappa shape index (κ2) is 8.12. The van der Waals surface area contributed by atoms with E-state index in [9.17, 15) is 9.59 Å². The van der Waals surface area contributed by atoms with E-state index >= 15 is 0 Å². The van der Waals surface area contributed by atoms with E-state index in [1.807, 2.05) is 18.4 Å². The number of rotatable bonds is 6. The SMILES string of the molecule is CCCn1cc(C(=O)Nc2ccc(OC)cc2OC)c(=O)c2ccc(C)nc21. The predicted octanol–water partition coefficient (Wildman–Crippen LogP) is 3.38. The molecule has 0 unspecified atom stereocenters. The van der Waals surface area contributed by atoms with Crippen LogP contribution in [0.3, 0.4) is 0 Å². The fraction of sp³-hybridized carbons (Fsp3) is 0.286. The molecule has 0 saturated heterocycles. The minimum atomic E-state index is -0.499. The number of nitrogens with zero attached hydrogens (tertiary/aromatic N) is 2. The van der Waals surface area contributed by atoms with Crippen molar-refractivity contribution in [2.45, 2.75) is 26.8 Å². The monoisotopic (exact) mass is 381 g/mol. The standard InChI is InChI=1S/C21H23N3O4/c1-5-10-24-12-16(19(25)15-8-6-13(2)22-20(15)24)21(26)23-17-9-7-14(27-3)11-18(17)28-4/h6-9,11-12H,5,10H2,1-4H3,(H,23,26). The Morgan fingerprint density at radius 3 is 2.64 bits per heavy atom. The maximum absolute atomic E-state index is 12.9. The number of hydrogen-bond acceptors (Lipinski definition) is 5. The smallest absolute Gasteiger partial charge is 0.261 e. The number of carbonyl (C=O) groups excluding carboxylic acids is 1. The highest BCUT2D eigenvalue weighted by Gasteiger charge is 2.18. The third-order valence-electron chi connectivity index (χ3n) is 4.43. The third kappa shape index (κ3) is 3.69. The minimum Gasteiger partial charge on any atom is -0.497 e. The van der Waals surface area contributed by atoms with Crippen LogP contribution in [0, 0.1) is 6.92 Å². The van der Waals surface area contributed by atoms with Crippen molar-refractivity contribution in [2.75, 3.05) is 19.5 Å². The Bertz CT molecular complexity index is 1090. The molecule has 3 rings (SSSR count). The van der Waals surface area contributed by atoms with Gasteiger partial charge in [-0.3, -0.25) is 9.59 Å². The molecular formula is C21H23N3O4. The average Bonchev–Trinajstić information content (AvgIpc) is 2.70. The first kappa shape index (κ1) is 19.4. The summed E-state index contributed by atoms with van der Waals surface area (Å²) < 4.78 is 12.3. The summed E-state index contributed by atoms with van der Waals surface area (Å²) in [5.41, 5.74) is 1.57. The van der Waals surface area contributed by atoms with E-state index in [4.69, 9.17) is 9.47 Å². The first-order chi connectivity index (χ1) is 13.5. The van der Waals surface area contributed by atoms with E-state index < -0.39 is 5.91 Å². The maximum atomic E-state index is 12.9. The average molecular weight is 381 g/mol. The van der Waals surface area contributed by atoms with Crippen LogP contribution in [-0.2, 0) is 6.54 Å². The molecule has 0 spiro atoms. The number of nitrogens with one attached hydrogen (secondary N) is 1. The predicted molar refractivity (Wildman–Crippen MR) is 109 cm³/mol. The lowest BCUT2D eigenvalue weighted by Gasteiger charge is -2.14. The molecule has 28 heavy (non-hydrogen) atoms. The van der Waals surface area contributed by atoms with Crippen molar-refractivity contribution in [3.05, 3.63) is 58.0 Å². The number of hydrogen-bond donors (Lipinski definition) is 1. The van der Waals surface area contributed by atoms with Crippen molar-refractivity contribution in [3.8, 4) is 11.5 Å². The van der Waals surface area contributed by atoms with E-state index in [2.05, 4.69) is 10.3 Å². The van der Waals surface area contributed by atoms with Gasteiger partial charge in [0.1, 0.15) is 22.7 Å². The largest absolute Gasteiger partial charge is 0.497 e. The van der Waals surface area contributed by atoms with Crippen LogP contribution in [0.2, 0.25) is 0 Å². The molecule has 0 bridgehead atoms. The van der Waals surface area contributed by atoms with Gasteiger partial charge in [-0.25, -0.2) is 4.98 Å². The van der Waals surface area contributed by atoms with Gasteiger partial charge < -0.3 is 19.4 Å². The van der Waals surface area contributed by atoms with Crippen molar-refractivity contribution in [1.82, 2.24) is 9.55 Å². The number of aryl methyl sites for hydroxylation is 2. The second-order valence-electron chi connectivity index (χ2n) is 6.41. The molecule has 1 amide bonds. The van der Waals surface area contributed by atoms with Gasteiger partial charge in [-0.05, 0) is 37.6 Å². The van der Waals surface area contributed by atoms with Gasteiger partial charge >= 0.3 is 0 Å². The highest BCUT2D eigenvalue weighted by Crippen LogP contribution is 2.29. The van der Waals surface area contributed by atoms with Crippen molar-refractivity contribution >= 4 is 22.6 Å². The van der Waals surface area contributed by atoms with Crippen LogP contribution in [0.15, 0.2) is 41.3 Å². The molecule has 7 nitrogen and oxygen atoms in total. The van der Waals surface area contributed by atoms with Crippen LogP contribution < -0.4 is 20.2 Å². The Hall–Kier alpha value is -3.35. The van der Waals surface area contributed by atoms with Crippen LogP contribution in [0.4, 0.5) is 5.69 Å². The van der Waals surface area contributed by atoms with Gasteiger partial charge in [-0.1, -0.05) is 6.92 Å². The zero-order valence-electron chi connectivity index (χ0n) is 16.4. The minimum absolute atomic E-state index is 0.0597. The Morgan fingerprint density at radius 1 is 1.18 bits per heavy atom. The van der Waals surface area contributed by atoms with E-state index in [1.54, 1.807) is 43.6 Å². The fourth-order valence-corrected chi connectivity index (χ4v) is 3.02. The third-order valence-corrected chi connectivity index (χ3v) is 4.43. The molecule has 0 aliphatic heterocycles. The van der Waals surface area contributed by atoms with Crippen LogP contribution in [0.1, 0.15) is 29.4 Å². The summed E-state index contributed by atoms with van der Waals surface area (Å²) in [5.74, 6) is 0.549. The summed E-state index contributed by atoms with van der Waals surface area (Å²) >= 11 is 0. The molecule has 0 radical (unpaired) electrons. The zero-order valence-corrected chi connectivity index (χ0v) is 16.4. The molecule has 2 aromatic heterocycles. The summed E-state index contributed by atoms with van der Waals surface area (Å²) in [7, 11) is 3.05. The first-order valence-corrected chi connectivity index (χ1v) is 9.02. The Labute approximate surface area is 162 Å². The summed E-state index contributed by atoms with van der Waals surface area (Å²) in [6.45, 7) is 4.55. The number of methoxy groups -OCH3 is 2. The normalized spacial score (nSPS) is 10.7. The number of anilines is 1. The highest BCUT2D eigenvalue weighted by atomic mass is 16.5. The molecule has 3 aromatic rings. The molecule has 0 fully saturated rings. The molecule has 0 aliphatic rings. The van der Waals surface area contributed by atoms with Crippen LogP contribution in [0.5, 0.6) is 11.5 Å². The Balaban J connectivity index is 2.06. The molecule has 146 valence electrons. The molecular weight excluding hydrogens is 358 g/mol. The first-order valence-electron chi connectivity index (χ1n) is 9.02. The fourth-order valence-electron chi connectivity index (χ4n) is 3.02. The number of carbonyl (C=O) groups is 1. The summed E-state index contributed by atoms with van der Waals surface area (Å²) in [4.78, 5) is 30.3. The molecule has 2 heterocycles. The number of pyridine rings is 2. The van der Waals surface area contributed by atoms with Gasteiger partial charge in [-0.2, -0.15) is 0 Å². The van der Waals surface area contributed by atoms with Crippen molar-refractivity contribution in [1.29, 1.82) is 0 Å². The number of ether oxygens (including phenoxy) is 2. The lowest BCUT2D eigenvalue weighted by molar-refractivity contribution is 0.102. The van der Waals surface area contributed by atoms with E-state index in [0.717, 1.165) is 12.1 Å².